The smallest absolute Gasteiger partial charge is 0.260 e. The molecule has 0 N–H and O–H groups in total. The van der Waals surface area contributed by atoms with Crippen molar-refractivity contribution >= 4 is 22.4 Å². The highest BCUT2D eigenvalue weighted by atomic mass is 32.1. The topological polar surface area (TPSA) is 36.4 Å². The Bertz CT molecular complexity index is 937. The van der Waals surface area contributed by atoms with E-state index in [0.717, 1.165) is 24.2 Å². The van der Waals surface area contributed by atoms with Gasteiger partial charge in [0.15, 0.2) is 5.13 Å². The van der Waals surface area contributed by atoms with E-state index >= 15 is 0 Å². The number of thiazole rings is 1. The maximum Gasteiger partial charge on any atom is 0.260 e. The van der Waals surface area contributed by atoms with E-state index in [1.54, 1.807) is 17.0 Å². The molecule has 0 bridgehead atoms. The molecule has 0 fully saturated rings. The van der Waals surface area contributed by atoms with E-state index in [4.69, 9.17) is 4.98 Å². The second-order valence-corrected chi connectivity index (χ2v) is 7.84. The minimum Gasteiger partial charge on any atom is -0.309 e. The summed E-state index contributed by atoms with van der Waals surface area (Å²) in [5.74, 6) is -0.651. The fourth-order valence-electron chi connectivity index (χ4n) is 2.85. The Kier molecular flexibility index (Phi) is 6.54. The molecule has 146 valence electrons. The minimum absolute atomic E-state index is 0.233. The van der Waals surface area contributed by atoms with Crippen LogP contribution in [0.2, 0.25) is 0 Å². The van der Waals surface area contributed by atoms with Crippen molar-refractivity contribution in [2.45, 2.75) is 13.3 Å². The number of benzene rings is 2. The normalized spacial score (nSPS) is 11.0. The van der Waals surface area contributed by atoms with Crippen molar-refractivity contribution in [2.75, 3.05) is 32.1 Å². The summed E-state index contributed by atoms with van der Waals surface area (Å²) in [5, 5.41) is 2.58. The Morgan fingerprint density at radius 3 is 2.54 bits per heavy atom. The number of amides is 1. The number of nitrogens with zero attached hydrogens (tertiary/aromatic N) is 3. The average molecular weight is 398 g/mol. The molecule has 4 nitrogen and oxygen atoms in total. The summed E-state index contributed by atoms with van der Waals surface area (Å²) >= 11 is 1.43. The van der Waals surface area contributed by atoms with Gasteiger partial charge in [0.1, 0.15) is 5.82 Å². The minimum atomic E-state index is -0.418. The van der Waals surface area contributed by atoms with Gasteiger partial charge in [0.25, 0.3) is 5.91 Å². The number of hydrogen-bond donors (Lipinski definition) is 0. The van der Waals surface area contributed by atoms with Crippen molar-refractivity contribution in [3.8, 4) is 11.3 Å². The van der Waals surface area contributed by atoms with Gasteiger partial charge >= 0.3 is 0 Å². The van der Waals surface area contributed by atoms with Crippen LogP contribution in [0.4, 0.5) is 9.52 Å². The Labute approximate surface area is 169 Å². The highest BCUT2D eigenvalue weighted by Gasteiger charge is 2.21. The van der Waals surface area contributed by atoms with Gasteiger partial charge in [-0.1, -0.05) is 35.9 Å². The lowest BCUT2D eigenvalue weighted by Crippen LogP contribution is -2.33. The summed E-state index contributed by atoms with van der Waals surface area (Å²) in [6.45, 7) is 3.41. The molecule has 3 rings (SSSR count). The molecule has 3 aromatic rings. The molecule has 0 saturated heterocycles. The highest BCUT2D eigenvalue weighted by molar-refractivity contribution is 7.14. The second kappa shape index (κ2) is 9.08. The Morgan fingerprint density at radius 1 is 1.11 bits per heavy atom. The van der Waals surface area contributed by atoms with Gasteiger partial charge in [-0.15, -0.1) is 11.3 Å². The van der Waals surface area contributed by atoms with Gasteiger partial charge < -0.3 is 4.90 Å². The molecular formula is C22H24FN3OS. The number of aryl methyl sites for hydroxylation is 1. The average Bonchev–Trinajstić information content (AvgIpc) is 3.15. The Hall–Kier alpha value is -2.57. The van der Waals surface area contributed by atoms with E-state index in [-0.39, 0.29) is 5.91 Å². The molecule has 0 aliphatic rings. The van der Waals surface area contributed by atoms with Crippen LogP contribution >= 0.6 is 11.3 Å². The number of halogens is 1. The number of rotatable bonds is 7. The van der Waals surface area contributed by atoms with Crippen molar-refractivity contribution in [1.82, 2.24) is 9.88 Å². The van der Waals surface area contributed by atoms with E-state index < -0.39 is 5.82 Å². The van der Waals surface area contributed by atoms with E-state index in [9.17, 15) is 9.18 Å². The van der Waals surface area contributed by atoms with E-state index in [1.807, 2.05) is 50.7 Å². The standard InChI is InChI=1S/C22H24FN3OS/c1-16-8-10-17(11-9-16)20-15-28-22(24-20)26(13-5-12-25(2)3)21(27)18-6-4-7-19(23)14-18/h4,6-11,14-15H,5,12-13H2,1-3H3. The zero-order valence-electron chi connectivity index (χ0n) is 16.4. The molecule has 2 aromatic carbocycles. The molecule has 1 heterocycles. The molecule has 28 heavy (non-hydrogen) atoms. The lowest BCUT2D eigenvalue weighted by Gasteiger charge is -2.21. The monoisotopic (exact) mass is 397 g/mol. The molecular weight excluding hydrogens is 373 g/mol. The van der Waals surface area contributed by atoms with Crippen molar-refractivity contribution in [2.24, 2.45) is 0 Å². The first-order valence-corrected chi connectivity index (χ1v) is 10.1. The Balaban J connectivity index is 1.88. The lowest BCUT2D eigenvalue weighted by molar-refractivity contribution is 0.0985. The Morgan fingerprint density at radius 2 is 1.86 bits per heavy atom. The van der Waals surface area contributed by atoms with Crippen LogP contribution in [0, 0.1) is 12.7 Å². The van der Waals surface area contributed by atoms with Gasteiger partial charge in [-0.05, 0) is 52.2 Å². The molecule has 0 atom stereocenters. The summed E-state index contributed by atoms with van der Waals surface area (Å²) < 4.78 is 13.6. The number of carbonyl (C=O) groups excluding carboxylic acids is 1. The summed E-state index contributed by atoms with van der Waals surface area (Å²) in [4.78, 5) is 21.5. The van der Waals surface area contributed by atoms with Crippen LogP contribution in [0.1, 0.15) is 22.3 Å². The largest absolute Gasteiger partial charge is 0.309 e. The van der Waals surface area contributed by atoms with Gasteiger partial charge in [0, 0.05) is 23.1 Å². The molecule has 0 radical (unpaired) electrons. The number of aromatic nitrogens is 1. The van der Waals surface area contributed by atoms with Crippen molar-refractivity contribution in [1.29, 1.82) is 0 Å². The fraction of sp³-hybridized carbons (Fsp3) is 0.273. The third-order valence-corrected chi connectivity index (χ3v) is 5.24. The van der Waals surface area contributed by atoms with Crippen LogP contribution in [0.5, 0.6) is 0 Å². The van der Waals surface area contributed by atoms with Crippen molar-refractivity contribution < 1.29 is 9.18 Å². The van der Waals surface area contributed by atoms with E-state index in [1.165, 1.54) is 29.0 Å². The molecule has 0 spiro atoms. The second-order valence-electron chi connectivity index (χ2n) is 7.01. The maximum atomic E-state index is 13.6. The van der Waals surface area contributed by atoms with Gasteiger partial charge in [-0.2, -0.15) is 0 Å². The van der Waals surface area contributed by atoms with Crippen LogP contribution in [0.3, 0.4) is 0 Å². The summed E-state index contributed by atoms with van der Waals surface area (Å²) in [6.07, 6.45) is 0.799. The molecule has 0 saturated carbocycles. The van der Waals surface area contributed by atoms with Gasteiger partial charge in [-0.3, -0.25) is 9.69 Å². The van der Waals surface area contributed by atoms with E-state index in [0.29, 0.717) is 17.2 Å². The predicted molar refractivity (Wildman–Crippen MR) is 114 cm³/mol. The van der Waals surface area contributed by atoms with Crippen LogP contribution in [0.15, 0.2) is 53.9 Å². The van der Waals surface area contributed by atoms with Crippen LogP contribution in [-0.4, -0.2) is 43.0 Å². The van der Waals surface area contributed by atoms with E-state index in [2.05, 4.69) is 4.90 Å². The molecule has 0 aliphatic carbocycles. The molecule has 0 unspecified atom stereocenters. The number of hydrogen-bond acceptors (Lipinski definition) is 4. The molecule has 6 heteroatoms. The van der Waals surface area contributed by atoms with Crippen molar-refractivity contribution in [3.63, 3.8) is 0 Å². The van der Waals surface area contributed by atoms with Crippen molar-refractivity contribution in [3.05, 3.63) is 70.9 Å². The quantitative estimate of drug-likeness (QED) is 0.571. The first-order valence-electron chi connectivity index (χ1n) is 9.19. The first-order chi connectivity index (χ1) is 13.4. The van der Waals surface area contributed by atoms with Crippen LogP contribution in [-0.2, 0) is 0 Å². The third-order valence-electron chi connectivity index (χ3n) is 4.37. The molecule has 0 aliphatic heterocycles. The number of anilines is 1. The SMILES string of the molecule is Cc1ccc(-c2csc(N(CCCN(C)C)C(=O)c3cccc(F)c3)n2)cc1. The molecule has 1 aromatic heterocycles. The lowest BCUT2D eigenvalue weighted by atomic mass is 10.1. The number of carbonyl (C=O) groups is 1. The first kappa shape index (κ1) is 20.2. The summed E-state index contributed by atoms with van der Waals surface area (Å²) in [6, 6.07) is 13.9. The fourth-order valence-corrected chi connectivity index (χ4v) is 3.71. The summed E-state index contributed by atoms with van der Waals surface area (Å²) in [5.41, 5.74) is 3.37. The van der Waals surface area contributed by atoms with Gasteiger partial charge in [0.05, 0.1) is 5.69 Å². The van der Waals surface area contributed by atoms with Crippen LogP contribution < -0.4 is 4.90 Å². The molecule has 1 amide bonds. The van der Waals surface area contributed by atoms with Gasteiger partial charge in [0.2, 0.25) is 0 Å². The maximum absolute atomic E-state index is 13.6. The van der Waals surface area contributed by atoms with Gasteiger partial charge in [-0.25, -0.2) is 9.37 Å². The third kappa shape index (κ3) is 5.03. The predicted octanol–water partition coefficient (Wildman–Crippen LogP) is 4.86. The zero-order chi connectivity index (χ0) is 20.1. The highest BCUT2D eigenvalue weighted by Crippen LogP contribution is 2.29. The summed E-state index contributed by atoms with van der Waals surface area (Å²) in [7, 11) is 4.00. The zero-order valence-corrected chi connectivity index (χ0v) is 17.2. The van der Waals surface area contributed by atoms with Crippen LogP contribution in [0.25, 0.3) is 11.3 Å².